The molecule has 0 aliphatic carbocycles. The van der Waals surface area contributed by atoms with Crippen molar-refractivity contribution in [2.75, 3.05) is 44.7 Å². The smallest absolute Gasteiger partial charge is 0.261 e. The summed E-state index contributed by atoms with van der Waals surface area (Å²) in [5.41, 5.74) is 4.38. The third-order valence-electron chi connectivity index (χ3n) is 6.76. The number of benzene rings is 3. The minimum Gasteiger partial charge on any atom is -0.495 e. The topological polar surface area (TPSA) is 53.1 Å². The van der Waals surface area contributed by atoms with Crippen LogP contribution in [-0.4, -0.2) is 61.4 Å². The molecule has 0 unspecified atom stereocenters. The highest BCUT2D eigenvalue weighted by atomic mass is 16.5. The minimum atomic E-state index is -0.211. The Kier molecular flexibility index (Phi) is 6.32. The Morgan fingerprint density at radius 2 is 1.32 bits per heavy atom. The molecule has 0 atom stereocenters. The third-order valence-corrected chi connectivity index (χ3v) is 6.76. The summed E-state index contributed by atoms with van der Waals surface area (Å²) in [6.45, 7) is 5.33. The molecule has 0 N–H and O–H groups in total. The molecule has 1 saturated heterocycles. The summed E-state index contributed by atoms with van der Waals surface area (Å²) in [5, 5.41) is 0. The SMILES string of the molecule is COc1ccccc1N1CCN(CCc2ccc(CN3C(=O)c4ccccc4C3=O)cc2)CC1. The van der Waals surface area contributed by atoms with E-state index in [-0.39, 0.29) is 11.8 Å². The summed E-state index contributed by atoms with van der Waals surface area (Å²) < 4.78 is 5.51. The van der Waals surface area contributed by atoms with Crippen LogP contribution in [0.2, 0.25) is 0 Å². The summed E-state index contributed by atoms with van der Waals surface area (Å²) in [7, 11) is 1.72. The van der Waals surface area contributed by atoms with Gasteiger partial charge in [-0.15, -0.1) is 0 Å². The molecule has 2 aliphatic heterocycles. The van der Waals surface area contributed by atoms with Crippen LogP contribution in [0, 0.1) is 0 Å². The average Bonchev–Trinajstić information content (AvgIpc) is 3.13. The summed E-state index contributed by atoms with van der Waals surface area (Å²) in [4.78, 5) is 31.4. The highest BCUT2D eigenvalue weighted by Crippen LogP contribution is 2.28. The molecule has 174 valence electrons. The fourth-order valence-electron chi connectivity index (χ4n) is 4.77. The number of piperazine rings is 1. The molecule has 2 heterocycles. The van der Waals surface area contributed by atoms with E-state index >= 15 is 0 Å². The van der Waals surface area contributed by atoms with Crippen LogP contribution in [0.4, 0.5) is 5.69 Å². The van der Waals surface area contributed by atoms with Gasteiger partial charge in [-0.3, -0.25) is 19.4 Å². The van der Waals surface area contributed by atoms with Gasteiger partial charge < -0.3 is 9.64 Å². The Bertz CT molecular complexity index is 1150. The van der Waals surface area contributed by atoms with Gasteiger partial charge in [0.2, 0.25) is 0 Å². The standard InChI is InChI=1S/C28H29N3O3/c1-34-26-9-5-4-8-25(26)30-18-16-29(17-19-30)15-14-21-10-12-22(13-11-21)20-31-27(32)23-6-2-3-7-24(23)28(31)33/h2-13H,14-20H2,1H3. The molecular weight excluding hydrogens is 426 g/mol. The second-order valence-electron chi connectivity index (χ2n) is 8.81. The van der Waals surface area contributed by atoms with Gasteiger partial charge in [0.1, 0.15) is 5.75 Å². The number of carbonyl (C=O) groups excluding carboxylic acids is 2. The fourth-order valence-corrected chi connectivity index (χ4v) is 4.77. The van der Waals surface area contributed by atoms with Crippen molar-refractivity contribution in [3.8, 4) is 5.75 Å². The number of hydrogen-bond acceptors (Lipinski definition) is 5. The minimum absolute atomic E-state index is 0.211. The van der Waals surface area contributed by atoms with Crippen LogP contribution in [0.25, 0.3) is 0 Å². The predicted molar refractivity (Wildman–Crippen MR) is 132 cm³/mol. The first-order valence-corrected chi connectivity index (χ1v) is 11.8. The van der Waals surface area contributed by atoms with E-state index in [4.69, 9.17) is 4.74 Å². The van der Waals surface area contributed by atoms with Crippen LogP contribution in [0.5, 0.6) is 5.75 Å². The van der Waals surface area contributed by atoms with E-state index in [0.717, 1.165) is 50.5 Å². The van der Waals surface area contributed by atoms with Gasteiger partial charge in [-0.05, 0) is 41.8 Å². The van der Waals surface area contributed by atoms with Crippen molar-refractivity contribution in [1.29, 1.82) is 0 Å². The summed E-state index contributed by atoms with van der Waals surface area (Å²) >= 11 is 0. The lowest BCUT2D eigenvalue weighted by Crippen LogP contribution is -2.47. The zero-order chi connectivity index (χ0) is 23.5. The Morgan fingerprint density at radius 3 is 1.97 bits per heavy atom. The van der Waals surface area contributed by atoms with Crippen molar-refractivity contribution >= 4 is 17.5 Å². The van der Waals surface area contributed by atoms with Gasteiger partial charge in [0.15, 0.2) is 0 Å². The Morgan fingerprint density at radius 1 is 0.735 bits per heavy atom. The molecule has 0 spiro atoms. The molecule has 0 saturated carbocycles. The van der Waals surface area contributed by atoms with E-state index in [9.17, 15) is 9.59 Å². The molecule has 2 aliphatic rings. The van der Waals surface area contributed by atoms with Gasteiger partial charge in [0.25, 0.3) is 11.8 Å². The fraction of sp³-hybridized carbons (Fsp3) is 0.286. The van der Waals surface area contributed by atoms with Gasteiger partial charge in [0, 0.05) is 32.7 Å². The first kappa shape index (κ1) is 22.2. The molecule has 5 rings (SSSR count). The molecule has 6 nitrogen and oxygen atoms in total. The first-order chi connectivity index (χ1) is 16.6. The molecule has 2 amide bonds. The number of methoxy groups -OCH3 is 1. The zero-order valence-corrected chi connectivity index (χ0v) is 19.4. The molecule has 0 radical (unpaired) electrons. The van der Waals surface area contributed by atoms with Gasteiger partial charge >= 0.3 is 0 Å². The van der Waals surface area contributed by atoms with Crippen molar-refractivity contribution in [3.05, 3.63) is 95.1 Å². The van der Waals surface area contributed by atoms with Crippen molar-refractivity contribution in [2.45, 2.75) is 13.0 Å². The normalized spacial score (nSPS) is 16.1. The zero-order valence-electron chi connectivity index (χ0n) is 19.4. The quantitative estimate of drug-likeness (QED) is 0.507. The molecule has 34 heavy (non-hydrogen) atoms. The first-order valence-electron chi connectivity index (χ1n) is 11.8. The monoisotopic (exact) mass is 455 g/mol. The number of anilines is 1. The van der Waals surface area contributed by atoms with Gasteiger partial charge in [0.05, 0.1) is 30.5 Å². The molecule has 3 aromatic carbocycles. The highest BCUT2D eigenvalue weighted by molar-refractivity contribution is 6.21. The number of hydrogen-bond donors (Lipinski definition) is 0. The molecule has 0 aromatic heterocycles. The maximum Gasteiger partial charge on any atom is 0.261 e. The maximum absolute atomic E-state index is 12.6. The van der Waals surface area contributed by atoms with Crippen LogP contribution in [0.15, 0.2) is 72.8 Å². The van der Waals surface area contributed by atoms with Crippen molar-refractivity contribution in [1.82, 2.24) is 9.80 Å². The molecule has 3 aromatic rings. The molecular formula is C28H29N3O3. The Labute approximate surface area is 200 Å². The van der Waals surface area contributed by atoms with Crippen LogP contribution in [-0.2, 0) is 13.0 Å². The van der Waals surface area contributed by atoms with E-state index in [2.05, 4.69) is 34.1 Å². The predicted octanol–water partition coefficient (Wildman–Crippen LogP) is 3.86. The molecule has 6 heteroatoms. The summed E-state index contributed by atoms with van der Waals surface area (Å²) in [6.07, 6.45) is 0.974. The number of carbonyl (C=O) groups is 2. The van der Waals surface area contributed by atoms with Crippen molar-refractivity contribution in [2.24, 2.45) is 0 Å². The number of rotatable bonds is 7. The van der Waals surface area contributed by atoms with Crippen molar-refractivity contribution < 1.29 is 14.3 Å². The highest BCUT2D eigenvalue weighted by Gasteiger charge is 2.34. The largest absolute Gasteiger partial charge is 0.495 e. The van der Waals surface area contributed by atoms with E-state index < -0.39 is 0 Å². The van der Waals surface area contributed by atoms with Gasteiger partial charge in [-0.1, -0.05) is 48.5 Å². The molecule has 1 fully saturated rings. The number of imide groups is 1. The Balaban J connectivity index is 1.12. The van der Waals surface area contributed by atoms with Gasteiger partial charge in [-0.25, -0.2) is 0 Å². The van der Waals surface area contributed by atoms with Crippen LogP contribution in [0.1, 0.15) is 31.8 Å². The van der Waals surface area contributed by atoms with E-state index in [1.165, 1.54) is 16.2 Å². The lowest BCUT2D eigenvalue weighted by molar-refractivity contribution is 0.0642. The maximum atomic E-state index is 12.6. The number of amides is 2. The third kappa shape index (κ3) is 4.41. The van der Waals surface area contributed by atoms with Crippen LogP contribution in [0.3, 0.4) is 0 Å². The summed E-state index contributed by atoms with van der Waals surface area (Å²) in [5.74, 6) is 0.506. The number of fused-ring (bicyclic) bond motifs is 1. The van der Waals surface area contributed by atoms with E-state index in [0.29, 0.717) is 17.7 Å². The average molecular weight is 456 g/mol. The van der Waals surface area contributed by atoms with Crippen LogP contribution < -0.4 is 9.64 Å². The van der Waals surface area contributed by atoms with Crippen molar-refractivity contribution in [3.63, 3.8) is 0 Å². The van der Waals surface area contributed by atoms with E-state index in [1.54, 1.807) is 31.4 Å². The number of para-hydroxylation sites is 2. The van der Waals surface area contributed by atoms with E-state index in [1.807, 2.05) is 24.3 Å². The summed E-state index contributed by atoms with van der Waals surface area (Å²) in [6, 6.07) is 23.5. The van der Waals surface area contributed by atoms with Crippen LogP contribution >= 0.6 is 0 Å². The second-order valence-corrected chi connectivity index (χ2v) is 8.81. The van der Waals surface area contributed by atoms with Gasteiger partial charge in [-0.2, -0.15) is 0 Å². The molecule has 0 bridgehead atoms. The lowest BCUT2D eigenvalue weighted by atomic mass is 10.1. The number of nitrogens with zero attached hydrogens (tertiary/aromatic N) is 3. The number of ether oxygens (including phenoxy) is 1. The second kappa shape index (κ2) is 9.69. The lowest BCUT2D eigenvalue weighted by Gasteiger charge is -2.36. The Hall–Kier alpha value is -3.64.